The maximum atomic E-state index is 5.95. The Morgan fingerprint density at radius 1 is 1.29 bits per heavy atom. The van der Waals surface area contributed by atoms with Gasteiger partial charge in [-0.3, -0.25) is 4.90 Å². The Morgan fingerprint density at radius 3 is 3.10 bits per heavy atom. The summed E-state index contributed by atoms with van der Waals surface area (Å²) >= 11 is 0. The molecule has 1 aromatic carbocycles. The van der Waals surface area contributed by atoms with E-state index in [1.807, 2.05) is 18.2 Å². The number of hydrogen-bond acceptors (Lipinski definition) is 5. The van der Waals surface area contributed by atoms with Gasteiger partial charge in [0.05, 0.1) is 0 Å². The molecule has 0 bridgehead atoms. The van der Waals surface area contributed by atoms with Gasteiger partial charge < -0.3 is 15.1 Å². The lowest BCUT2D eigenvalue weighted by molar-refractivity contribution is 0.113. The molecule has 5 nitrogen and oxygen atoms in total. The molecule has 3 heterocycles. The van der Waals surface area contributed by atoms with Crippen LogP contribution in [-0.2, 0) is 0 Å². The molecule has 0 amide bonds. The second-order valence-corrected chi connectivity index (χ2v) is 6.37. The van der Waals surface area contributed by atoms with Crippen LogP contribution in [0.25, 0.3) is 11.1 Å². The van der Waals surface area contributed by atoms with Crippen molar-refractivity contribution in [2.75, 3.05) is 30.3 Å². The van der Waals surface area contributed by atoms with Gasteiger partial charge in [-0.1, -0.05) is 6.42 Å². The van der Waals surface area contributed by atoms with Gasteiger partial charge in [-0.15, -0.1) is 0 Å². The zero-order chi connectivity index (χ0) is 14.4. The number of hydrogen-bond donors (Lipinski definition) is 1. The van der Waals surface area contributed by atoms with Crippen molar-refractivity contribution in [2.45, 2.75) is 38.3 Å². The molecule has 2 unspecified atom stereocenters. The number of rotatable bonds is 1. The third kappa shape index (κ3) is 2.25. The van der Waals surface area contributed by atoms with Gasteiger partial charge in [-0.05, 0) is 38.4 Å². The van der Waals surface area contributed by atoms with Gasteiger partial charge in [0.2, 0.25) is 0 Å². The molecule has 2 atom stereocenters. The van der Waals surface area contributed by atoms with E-state index in [0.29, 0.717) is 12.1 Å². The number of nitrogens with zero attached hydrogens (tertiary/aromatic N) is 3. The number of anilines is 2. The summed E-state index contributed by atoms with van der Waals surface area (Å²) in [5, 5.41) is 0. The lowest BCUT2D eigenvalue weighted by Gasteiger charge is -2.46. The van der Waals surface area contributed by atoms with E-state index < -0.39 is 0 Å². The van der Waals surface area contributed by atoms with Crippen LogP contribution in [0.4, 0.5) is 11.7 Å². The van der Waals surface area contributed by atoms with E-state index in [9.17, 15) is 0 Å². The molecule has 2 saturated heterocycles. The highest BCUT2D eigenvalue weighted by Gasteiger charge is 2.34. The van der Waals surface area contributed by atoms with Crippen molar-refractivity contribution in [1.29, 1.82) is 0 Å². The smallest absolute Gasteiger partial charge is 0.298 e. The van der Waals surface area contributed by atoms with Gasteiger partial charge in [0, 0.05) is 36.9 Å². The molecule has 5 heteroatoms. The molecule has 2 aliphatic heterocycles. The van der Waals surface area contributed by atoms with Crippen molar-refractivity contribution in [2.24, 2.45) is 0 Å². The highest BCUT2D eigenvalue weighted by Crippen LogP contribution is 2.30. The van der Waals surface area contributed by atoms with Crippen LogP contribution in [0.15, 0.2) is 22.6 Å². The average Bonchev–Trinajstić information content (AvgIpc) is 2.89. The van der Waals surface area contributed by atoms with E-state index in [2.05, 4.69) is 21.7 Å². The zero-order valence-corrected chi connectivity index (χ0v) is 12.5. The third-order valence-corrected chi connectivity index (χ3v) is 4.83. The van der Waals surface area contributed by atoms with Crippen molar-refractivity contribution < 1.29 is 4.42 Å². The molecular formula is C16H22N4O. The van der Waals surface area contributed by atoms with Crippen LogP contribution in [0, 0.1) is 0 Å². The number of aromatic nitrogens is 1. The molecule has 0 radical (unpaired) electrons. The molecule has 112 valence electrons. The Morgan fingerprint density at radius 2 is 2.19 bits per heavy atom. The van der Waals surface area contributed by atoms with Gasteiger partial charge in [0.25, 0.3) is 6.01 Å². The van der Waals surface area contributed by atoms with Crippen LogP contribution < -0.4 is 10.6 Å². The summed E-state index contributed by atoms with van der Waals surface area (Å²) in [4.78, 5) is 9.60. The molecular weight excluding hydrogens is 264 g/mol. The fourth-order valence-electron chi connectivity index (χ4n) is 3.67. The van der Waals surface area contributed by atoms with Crippen molar-refractivity contribution in [3.05, 3.63) is 18.2 Å². The predicted octanol–water partition coefficient (Wildman–Crippen LogP) is 2.47. The number of piperazine rings is 1. The minimum absolute atomic E-state index is 0.435. The van der Waals surface area contributed by atoms with Crippen LogP contribution >= 0.6 is 0 Å². The maximum absolute atomic E-state index is 5.95. The van der Waals surface area contributed by atoms with Crippen LogP contribution in [0.1, 0.15) is 26.2 Å². The molecule has 0 aliphatic carbocycles. The zero-order valence-electron chi connectivity index (χ0n) is 12.5. The van der Waals surface area contributed by atoms with E-state index in [0.717, 1.165) is 35.9 Å². The standard InChI is InChI=1S/C16H22N4O/c1-11-9-19-7-3-2-4-13(19)10-20(11)16-18-14-6-5-12(17)8-15(14)21-16/h5-6,8,11,13H,2-4,7,9-10,17H2,1H3. The number of fused-ring (bicyclic) bond motifs is 2. The maximum Gasteiger partial charge on any atom is 0.298 e. The van der Waals surface area contributed by atoms with E-state index in [1.165, 1.54) is 25.8 Å². The van der Waals surface area contributed by atoms with Gasteiger partial charge >= 0.3 is 0 Å². The van der Waals surface area contributed by atoms with Crippen LogP contribution in [0.3, 0.4) is 0 Å². The largest absolute Gasteiger partial charge is 0.423 e. The molecule has 2 fully saturated rings. The van der Waals surface area contributed by atoms with E-state index >= 15 is 0 Å². The fourth-order valence-corrected chi connectivity index (χ4v) is 3.67. The Hall–Kier alpha value is -1.75. The van der Waals surface area contributed by atoms with E-state index in [4.69, 9.17) is 10.2 Å². The molecule has 2 aromatic rings. The highest BCUT2D eigenvalue weighted by molar-refractivity contribution is 5.78. The second kappa shape index (κ2) is 4.91. The normalized spacial score (nSPS) is 27.0. The molecule has 21 heavy (non-hydrogen) atoms. The first-order chi connectivity index (χ1) is 10.2. The number of benzene rings is 1. The number of piperidine rings is 1. The summed E-state index contributed by atoms with van der Waals surface area (Å²) in [5.74, 6) is 0. The van der Waals surface area contributed by atoms with E-state index in [-0.39, 0.29) is 0 Å². The molecule has 0 spiro atoms. The SMILES string of the molecule is CC1CN2CCCCC2CN1c1nc2ccc(N)cc2o1. The Bertz CT molecular complexity index is 653. The average molecular weight is 286 g/mol. The van der Waals surface area contributed by atoms with E-state index in [1.54, 1.807) is 0 Å². The van der Waals surface area contributed by atoms with Crippen LogP contribution in [-0.4, -0.2) is 41.6 Å². The minimum Gasteiger partial charge on any atom is -0.423 e. The summed E-state index contributed by atoms with van der Waals surface area (Å²) in [6, 6.07) is 7.48. The Balaban J connectivity index is 1.64. The highest BCUT2D eigenvalue weighted by atomic mass is 16.4. The van der Waals surface area contributed by atoms with Gasteiger partial charge in [-0.2, -0.15) is 4.98 Å². The van der Waals surface area contributed by atoms with Crippen molar-refractivity contribution in [3.63, 3.8) is 0 Å². The monoisotopic (exact) mass is 286 g/mol. The number of nitrogens with two attached hydrogens (primary N) is 1. The minimum atomic E-state index is 0.435. The van der Waals surface area contributed by atoms with Crippen molar-refractivity contribution in [1.82, 2.24) is 9.88 Å². The lowest BCUT2D eigenvalue weighted by Crippen LogP contribution is -2.58. The summed E-state index contributed by atoms with van der Waals surface area (Å²) in [6.45, 7) is 5.62. The first-order valence-corrected chi connectivity index (χ1v) is 7.87. The topological polar surface area (TPSA) is 58.5 Å². The summed E-state index contributed by atoms with van der Waals surface area (Å²) in [5.41, 5.74) is 8.20. The number of oxazole rings is 1. The Kier molecular flexibility index (Phi) is 3.03. The number of nitrogen functional groups attached to an aromatic ring is 1. The molecule has 4 rings (SSSR count). The molecule has 2 N–H and O–H groups in total. The van der Waals surface area contributed by atoms with Gasteiger partial charge in [-0.25, -0.2) is 0 Å². The van der Waals surface area contributed by atoms with Gasteiger partial charge in [0.1, 0.15) is 5.52 Å². The summed E-state index contributed by atoms with van der Waals surface area (Å²) in [7, 11) is 0. The van der Waals surface area contributed by atoms with Crippen molar-refractivity contribution in [3.8, 4) is 0 Å². The van der Waals surface area contributed by atoms with Gasteiger partial charge in [0.15, 0.2) is 5.58 Å². The summed E-state index contributed by atoms with van der Waals surface area (Å²) in [6.07, 6.45) is 3.97. The molecule has 0 saturated carbocycles. The van der Waals surface area contributed by atoms with Crippen LogP contribution in [0.2, 0.25) is 0 Å². The quantitative estimate of drug-likeness (QED) is 0.816. The van der Waals surface area contributed by atoms with Crippen LogP contribution in [0.5, 0.6) is 0 Å². The first kappa shape index (κ1) is 13.0. The summed E-state index contributed by atoms with van der Waals surface area (Å²) < 4.78 is 5.95. The Labute approximate surface area is 124 Å². The van der Waals surface area contributed by atoms with Crippen molar-refractivity contribution >= 4 is 22.8 Å². The molecule has 1 aromatic heterocycles. The lowest BCUT2D eigenvalue weighted by atomic mass is 9.97. The molecule has 2 aliphatic rings. The second-order valence-electron chi connectivity index (χ2n) is 6.37. The predicted molar refractivity (Wildman–Crippen MR) is 84.4 cm³/mol. The first-order valence-electron chi connectivity index (χ1n) is 7.87. The third-order valence-electron chi connectivity index (χ3n) is 4.83. The fraction of sp³-hybridized carbons (Fsp3) is 0.562.